The zero-order chi connectivity index (χ0) is 43.4. The fourth-order valence-corrected chi connectivity index (χ4v) is 3.05. The summed E-state index contributed by atoms with van der Waals surface area (Å²) in [4.78, 5) is 22.3. The van der Waals surface area contributed by atoms with Crippen molar-refractivity contribution in [3.63, 3.8) is 0 Å². The molecule has 0 heterocycles. The standard InChI is InChI=1S/C10H22O.C10H20O.C10H18O.C5H9Cl.C5H10O.CH3I.4CH4.I3.I2.HI/c3*1-5-10(4,8-11)7-6-9(2)3;1-5(2)3-4-6;1-3-5(2)4-6;1-2;;;;;1-3-2;1-2;/h9,11H,5-8H2,1-4H3;6,11H,5,7-8H2,1-4H3;6,8H,5,7H2,1-4H3;3H,4H2,1-2H3;4-5H,3H2,1-2H3;1H3;4*1H4;;;1H/q;;;;;;;;;;-1;;. The summed E-state index contributed by atoms with van der Waals surface area (Å²) in [6, 6.07) is 0. The Morgan fingerprint density at radius 2 is 1.02 bits per heavy atom. The molecule has 4 unspecified atom stereocenters. The van der Waals surface area contributed by atoms with Crippen LogP contribution in [0.5, 0.6) is 0 Å². The van der Waals surface area contributed by atoms with E-state index in [9.17, 15) is 9.59 Å². The van der Waals surface area contributed by atoms with Gasteiger partial charge in [0.1, 0.15) is 12.6 Å². The summed E-state index contributed by atoms with van der Waals surface area (Å²) in [6.45, 7) is 33.9. The minimum atomic E-state index is -0.142. The SMILES string of the molecule is C.C.C.C.CC(C)=CCCl.CCC(C)(C=O)CC=C(C)C.CCC(C)(CO)CC=C(C)C.CCC(C)(CO)CCC(C)C.CCC(C)C=O.CI.I.II.I[I-]I. The Hall–Kier alpha value is 3.88. The van der Waals surface area contributed by atoms with E-state index >= 15 is 0 Å². The summed E-state index contributed by atoms with van der Waals surface area (Å²) in [5.41, 5.74) is 4.02. The van der Waals surface area contributed by atoms with Crippen LogP contribution < -0.4 is 13.3 Å². The van der Waals surface area contributed by atoms with E-state index in [4.69, 9.17) is 21.8 Å². The number of hydrogen-bond donors (Lipinski definition) is 2. The second-order valence-electron chi connectivity index (χ2n) is 14.7. The van der Waals surface area contributed by atoms with Gasteiger partial charge in [-0.15, -0.1) is 35.6 Å². The van der Waals surface area contributed by atoms with Gasteiger partial charge in [-0.05, 0) is 108 Å². The van der Waals surface area contributed by atoms with E-state index in [1.54, 1.807) is 0 Å². The summed E-state index contributed by atoms with van der Waals surface area (Å²) in [5, 5.41) is 18.2. The van der Waals surface area contributed by atoms with Crippen molar-refractivity contribution in [1.29, 1.82) is 0 Å². The molecule has 57 heavy (non-hydrogen) atoms. The number of carbonyl (C=O) groups is 2. The van der Waals surface area contributed by atoms with Crippen LogP contribution in [-0.2, 0) is 9.59 Å². The monoisotopic (exact) mass is 1630 g/mol. The number of allylic oxidation sites excluding steroid dienone is 6. The zero-order valence-electron chi connectivity index (χ0n) is 36.6. The predicted molar refractivity (Wildman–Crippen MR) is 322 cm³/mol. The Morgan fingerprint density at radius 1 is 0.684 bits per heavy atom. The molecule has 0 aliphatic rings. The van der Waals surface area contributed by atoms with E-state index in [0.717, 1.165) is 63.4 Å². The van der Waals surface area contributed by atoms with Gasteiger partial charge in [0.15, 0.2) is 0 Å². The number of aliphatic hydroxyl groups is 2. The molecule has 0 spiro atoms. The van der Waals surface area contributed by atoms with Crippen LogP contribution in [0.15, 0.2) is 34.9 Å². The van der Waals surface area contributed by atoms with E-state index < -0.39 is 0 Å². The van der Waals surface area contributed by atoms with Crippen LogP contribution in [0.4, 0.5) is 0 Å². The Bertz CT molecular complexity index is 808. The molecule has 0 aromatic rings. The fourth-order valence-electron chi connectivity index (χ4n) is 2.74. The summed E-state index contributed by atoms with van der Waals surface area (Å²) in [5.74, 6) is 1.65. The van der Waals surface area contributed by atoms with E-state index in [2.05, 4.69) is 178 Å². The van der Waals surface area contributed by atoms with Gasteiger partial charge in [-0.3, -0.25) is 0 Å². The molecule has 0 rings (SSSR count). The molecule has 0 aliphatic carbocycles. The maximum atomic E-state index is 10.6. The molecule has 4 atom stereocenters. The number of carbonyl (C=O) groups excluding carboxylic acids is 2. The summed E-state index contributed by atoms with van der Waals surface area (Å²) < 4.78 is 0. The molecule has 360 valence electrons. The van der Waals surface area contributed by atoms with Crippen LogP contribution >= 0.6 is 133 Å². The topological polar surface area (TPSA) is 74.6 Å². The number of rotatable bonds is 16. The van der Waals surface area contributed by atoms with Gasteiger partial charge >= 0.3 is 50.5 Å². The molecular formula is C45H99ClI7O4-. The molecule has 0 amide bonds. The van der Waals surface area contributed by atoms with Crippen molar-refractivity contribution in [2.45, 2.75) is 192 Å². The first-order valence-electron chi connectivity index (χ1n) is 18.1. The first-order valence-corrected chi connectivity index (χ1v) is 39.6. The molecule has 0 saturated carbocycles. The number of aliphatic hydroxyl groups excluding tert-OH is 2. The van der Waals surface area contributed by atoms with Crippen molar-refractivity contribution in [2.24, 2.45) is 28.1 Å². The van der Waals surface area contributed by atoms with Gasteiger partial charge in [0.25, 0.3) is 0 Å². The van der Waals surface area contributed by atoms with Crippen LogP contribution in [0.1, 0.15) is 192 Å². The number of halogens is 8. The summed E-state index contributed by atoms with van der Waals surface area (Å²) >= 11 is 17.0. The maximum absolute atomic E-state index is 10.6. The van der Waals surface area contributed by atoms with E-state index in [1.807, 2.05) is 52.5 Å². The number of alkyl halides is 2. The average molecular weight is 1630 g/mol. The van der Waals surface area contributed by atoms with Crippen molar-refractivity contribution in [3.8, 4) is 0 Å². The van der Waals surface area contributed by atoms with Crippen molar-refractivity contribution in [1.82, 2.24) is 0 Å². The van der Waals surface area contributed by atoms with Gasteiger partial charge in [0.2, 0.25) is 0 Å². The molecule has 12 heteroatoms. The molecule has 0 aromatic heterocycles. The van der Waals surface area contributed by atoms with Gasteiger partial charge < -0.3 is 19.8 Å². The van der Waals surface area contributed by atoms with Crippen molar-refractivity contribution in [3.05, 3.63) is 34.9 Å². The minimum absolute atomic E-state index is 0. The van der Waals surface area contributed by atoms with E-state index in [1.165, 1.54) is 23.1 Å². The third kappa shape index (κ3) is 91.3. The second kappa shape index (κ2) is 71.5. The molecule has 0 bridgehead atoms. The molecule has 0 fully saturated rings. The number of hydrogen-bond acceptors (Lipinski definition) is 4. The molecule has 0 aliphatic heterocycles. The Labute approximate surface area is 450 Å². The van der Waals surface area contributed by atoms with Crippen molar-refractivity contribution >= 4 is 145 Å². The summed E-state index contributed by atoms with van der Waals surface area (Å²) in [6.07, 6.45) is 16.6. The van der Waals surface area contributed by atoms with Crippen LogP contribution in [0.2, 0.25) is 0 Å². The van der Waals surface area contributed by atoms with Crippen molar-refractivity contribution < 1.29 is 33.1 Å². The van der Waals surface area contributed by atoms with Crippen molar-refractivity contribution in [2.75, 3.05) is 24.0 Å². The third-order valence-electron chi connectivity index (χ3n) is 8.23. The Morgan fingerprint density at radius 3 is 1.18 bits per heavy atom. The van der Waals surface area contributed by atoms with Crippen LogP contribution in [0.3, 0.4) is 0 Å². The quantitative estimate of drug-likeness (QED) is 0.0699. The van der Waals surface area contributed by atoms with Crippen LogP contribution in [0.25, 0.3) is 0 Å². The second-order valence-corrected chi connectivity index (χ2v) is 31.2. The first-order chi connectivity index (χ1) is 24.1. The van der Waals surface area contributed by atoms with E-state index in [-0.39, 0.29) is 82.5 Å². The molecule has 0 saturated heterocycles. The van der Waals surface area contributed by atoms with Crippen LogP contribution in [0, 0.1) is 28.1 Å². The van der Waals surface area contributed by atoms with Gasteiger partial charge in [-0.1, -0.05) is 163 Å². The van der Waals surface area contributed by atoms with E-state index in [0.29, 0.717) is 25.7 Å². The molecule has 4 nitrogen and oxygen atoms in total. The zero-order valence-corrected chi connectivity index (χ0v) is 52.6. The van der Waals surface area contributed by atoms with Gasteiger partial charge in [0, 0.05) is 67.7 Å². The van der Waals surface area contributed by atoms with Gasteiger partial charge in [-0.2, -0.15) is 0 Å². The van der Waals surface area contributed by atoms with Crippen LogP contribution in [-0.4, -0.2) is 46.8 Å². The normalized spacial score (nSPS) is 12.1. The molecule has 0 aromatic carbocycles. The first kappa shape index (κ1) is 95.2. The third-order valence-corrected chi connectivity index (χ3v) is 8.38. The van der Waals surface area contributed by atoms with Gasteiger partial charge in [-0.25, -0.2) is 0 Å². The summed E-state index contributed by atoms with van der Waals surface area (Å²) in [7, 11) is 0. The molecular weight excluding hydrogens is 1530 g/mol. The Kier molecular flexibility index (Phi) is 119. The average Bonchev–Trinajstić information content (AvgIpc) is 3.14. The number of aldehydes is 2. The molecule has 0 radical (unpaired) electrons. The van der Waals surface area contributed by atoms with Gasteiger partial charge in [0.05, 0.1) is 0 Å². The molecule has 2 N–H and O–H groups in total. The predicted octanol–water partition coefficient (Wildman–Crippen LogP) is 16.7. The Balaban J connectivity index is -0.0000000369. The fraction of sp³-hybridized carbons (Fsp3) is 0.822.